The monoisotopic (exact) mass is 373 g/mol. The van der Waals surface area contributed by atoms with Crippen LogP contribution in [0.25, 0.3) is 0 Å². The smallest absolute Gasteiger partial charge is 0.245 e. The maximum Gasteiger partial charge on any atom is 0.245 e. The third-order valence-electron chi connectivity index (χ3n) is 4.41. The number of anilines is 1. The fraction of sp³-hybridized carbons (Fsp3) is 0.316. The summed E-state index contributed by atoms with van der Waals surface area (Å²) in [5.74, 6) is 0.114. The number of hydrogen-bond acceptors (Lipinski definition) is 4. The lowest BCUT2D eigenvalue weighted by Crippen LogP contribution is -2.28. The van der Waals surface area contributed by atoms with Crippen molar-refractivity contribution in [2.45, 2.75) is 30.7 Å². The molecule has 0 saturated heterocycles. The molecule has 4 N–H and O–H groups in total. The lowest BCUT2D eigenvalue weighted by atomic mass is 10.1. The topological polar surface area (TPSA) is 101 Å². The normalized spacial score (nSPS) is 15.5. The van der Waals surface area contributed by atoms with Crippen LogP contribution in [0.15, 0.2) is 53.4 Å². The van der Waals surface area contributed by atoms with Crippen LogP contribution in [0, 0.1) is 12.8 Å². The van der Waals surface area contributed by atoms with Gasteiger partial charge in [0.15, 0.2) is 0 Å². The van der Waals surface area contributed by atoms with Crippen LogP contribution in [-0.2, 0) is 14.8 Å². The molecule has 1 saturated carbocycles. The van der Waals surface area contributed by atoms with Crippen LogP contribution in [0.1, 0.15) is 30.0 Å². The standard InChI is InChI=1S/C19H23N3O3S/c1-13-2-6-15(7-3-13)18(20)19(23)22-16-8-10-17(11-9-16)26(24,25)21-12-14-4-5-14/h2-3,6-11,14,18,21H,4-5,12,20H2,1H3,(H,22,23). The highest BCUT2D eigenvalue weighted by Gasteiger charge is 2.24. The molecule has 26 heavy (non-hydrogen) atoms. The van der Waals surface area contributed by atoms with Gasteiger partial charge in [0.25, 0.3) is 0 Å². The number of hydrogen-bond donors (Lipinski definition) is 3. The van der Waals surface area contributed by atoms with Gasteiger partial charge in [-0.2, -0.15) is 0 Å². The van der Waals surface area contributed by atoms with Gasteiger partial charge in [-0.05, 0) is 55.5 Å². The van der Waals surface area contributed by atoms with Gasteiger partial charge in [-0.25, -0.2) is 13.1 Å². The number of amides is 1. The molecule has 2 aromatic carbocycles. The van der Waals surface area contributed by atoms with E-state index in [9.17, 15) is 13.2 Å². The van der Waals surface area contributed by atoms with E-state index in [-0.39, 0.29) is 10.8 Å². The van der Waals surface area contributed by atoms with Gasteiger partial charge in [-0.15, -0.1) is 0 Å². The molecule has 1 atom stereocenters. The highest BCUT2D eigenvalue weighted by Crippen LogP contribution is 2.28. The third kappa shape index (κ3) is 4.69. The number of nitrogens with one attached hydrogen (secondary N) is 2. The van der Waals surface area contributed by atoms with Crippen molar-refractivity contribution in [3.05, 3.63) is 59.7 Å². The zero-order valence-electron chi connectivity index (χ0n) is 14.6. The van der Waals surface area contributed by atoms with Crippen molar-refractivity contribution < 1.29 is 13.2 Å². The molecule has 0 radical (unpaired) electrons. The average Bonchev–Trinajstić information content (AvgIpc) is 3.45. The van der Waals surface area contributed by atoms with E-state index in [2.05, 4.69) is 10.0 Å². The maximum atomic E-state index is 12.3. The second kappa shape index (κ2) is 7.57. The Morgan fingerprint density at radius 3 is 2.31 bits per heavy atom. The first kappa shape index (κ1) is 18.6. The van der Waals surface area contributed by atoms with Crippen molar-refractivity contribution in [1.29, 1.82) is 0 Å². The van der Waals surface area contributed by atoms with E-state index >= 15 is 0 Å². The number of aryl methyl sites for hydroxylation is 1. The van der Waals surface area contributed by atoms with Crippen LogP contribution in [0.3, 0.4) is 0 Å². The summed E-state index contributed by atoms with van der Waals surface area (Å²) in [4.78, 5) is 12.5. The minimum Gasteiger partial charge on any atom is -0.324 e. The number of rotatable bonds is 7. The van der Waals surface area contributed by atoms with E-state index in [4.69, 9.17) is 5.73 Å². The quantitative estimate of drug-likeness (QED) is 0.693. The average molecular weight is 373 g/mol. The van der Waals surface area contributed by atoms with Gasteiger partial charge in [-0.1, -0.05) is 29.8 Å². The van der Waals surface area contributed by atoms with Gasteiger partial charge >= 0.3 is 0 Å². The first-order valence-electron chi connectivity index (χ1n) is 8.58. The molecule has 138 valence electrons. The van der Waals surface area contributed by atoms with Crippen molar-refractivity contribution in [3.8, 4) is 0 Å². The van der Waals surface area contributed by atoms with Gasteiger partial charge in [0, 0.05) is 12.2 Å². The van der Waals surface area contributed by atoms with Crippen molar-refractivity contribution in [3.63, 3.8) is 0 Å². The first-order chi connectivity index (χ1) is 12.3. The molecular formula is C19H23N3O3S. The molecule has 0 aromatic heterocycles. The zero-order valence-corrected chi connectivity index (χ0v) is 15.4. The summed E-state index contributed by atoms with van der Waals surface area (Å²) in [5, 5.41) is 2.71. The van der Waals surface area contributed by atoms with Crippen molar-refractivity contribution in [2.24, 2.45) is 11.7 Å². The summed E-state index contributed by atoms with van der Waals surface area (Å²) in [7, 11) is -3.51. The number of benzene rings is 2. The van der Waals surface area contributed by atoms with Gasteiger partial charge in [0.05, 0.1) is 4.90 Å². The van der Waals surface area contributed by atoms with Gasteiger partial charge in [0.1, 0.15) is 6.04 Å². The second-order valence-electron chi connectivity index (χ2n) is 6.70. The van der Waals surface area contributed by atoms with Gasteiger partial charge in [0.2, 0.25) is 15.9 Å². The molecule has 1 aliphatic rings. The summed E-state index contributed by atoms with van der Waals surface area (Å²) < 4.78 is 27.0. The van der Waals surface area contributed by atoms with E-state index in [1.54, 1.807) is 12.1 Å². The van der Waals surface area contributed by atoms with Crippen LogP contribution < -0.4 is 15.8 Å². The van der Waals surface area contributed by atoms with Crippen LogP contribution in [-0.4, -0.2) is 20.9 Å². The predicted molar refractivity (Wildman–Crippen MR) is 101 cm³/mol. The molecule has 0 aliphatic heterocycles. The molecule has 2 aromatic rings. The van der Waals surface area contributed by atoms with Crippen LogP contribution >= 0.6 is 0 Å². The number of sulfonamides is 1. The van der Waals surface area contributed by atoms with Crippen molar-refractivity contribution in [1.82, 2.24) is 4.72 Å². The lowest BCUT2D eigenvalue weighted by molar-refractivity contribution is -0.117. The Morgan fingerprint density at radius 2 is 1.73 bits per heavy atom. The minimum absolute atomic E-state index is 0.180. The highest BCUT2D eigenvalue weighted by atomic mass is 32.2. The van der Waals surface area contributed by atoms with Crippen molar-refractivity contribution in [2.75, 3.05) is 11.9 Å². The first-order valence-corrected chi connectivity index (χ1v) is 10.1. The Labute approximate surface area is 153 Å². The minimum atomic E-state index is -3.51. The van der Waals surface area contributed by atoms with E-state index in [1.807, 2.05) is 31.2 Å². The molecule has 7 heteroatoms. The molecule has 1 aliphatic carbocycles. The largest absolute Gasteiger partial charge is 0.324 e. The fourth-order valence-electron chi connectivity index (χ4n) is 2.50. The maximum absolute atomic E-state index is 12.3. The summed E-state index contributed by atoms with van der Waals surface area (Å²) in [6, 6.07) is 12.7. The fourth-order valence-corrected chi connectivity index (χ4v) is 3.61. The van der Waals surface area contributed by atoms with E-state index in [1.165, 1.54) is 12.1 Å². The molecular weight excluding hydrogens is 350 g/mol. The summed E-state index contributed by atoms with van der Waals surface area (Å²) >= 11 is 0. The molecule has 3 rings (SSSR count). The van der Waals surface area contributed by atoms with E-state index in [0.717, 1.165) is 24.0 Å². The Bertz CT molecular complexity index is 873. The SMILES string of the molecule is Cc1ccc(C(N)C(=O)Nc2ccc(S(=O)(=O)NCC3CC3)cc2)cc1. The summed E-state index contributed by atoms with van der Waals surface area (Å²) in [6.07, 6.45) is 2.16. The number of carbonyl (C=O) groups excluding carboxylic acids is 1. The predicted octanol–water partition coefficient (Wildman–Crippen LogP) is 2.32. The van der Waals surface area contributed by atoms with Gasteiger partial charge in [-0.3, -0.25) is 4.79 Å². The zero-order chi connectivity index (χ0) is 18.7. The molecule has 0 bridgehead atoms. The number of carbonyl (C=O) groups is 1. The third-order valence-corrected chi connectivity index (χ3v) is 5.85. The van der Waals surface area contributed by atoms with Crippen LogP contribution in [0.4, 0.5) is 5.69 Å². The Kier molecular flexibility index (Phi) is 5.41. The Balaban J connectivity index is 1.62. The second-order valence-corrected chi connectivity index (χ2v) is 8.46. The van der Waals surface area contributed by atoms with Crippen LogP contribution in [0.2, 0.25) is 0 Å². The summed E-state index contributed by atoms with van der Waals surface area (Å²) in [6.45, 7) is 2.44. The Morgan fingerprint density at radius 1 is 1.12 bits per heavy atom. The summed E-state index contributed by atoms with van der Waals surface area (Å²) in [5.41, 5.74) is 8.30. The molecule has 1 fully saturated rings. The molecule has 1 unspecified atom stereocenters. The number of nitrogens with two attached hydrogens (primary N) is 1. The lowest BCUT2D eigenvalue weighted by Gasteiger charge is -2.13. The Hall–Kier alpha value is -2.22. The van der Waals surface area contributed by atoms with Gasteiger partial charge < -0.3 is 11.1 Å². The molecule has 0 heterocycles. The molecule has 6 nitrogen and oxygen atoms in total. The van der Waals surface area contributed by atoms with E-state index < -0.39 is 16.1 Å². The molecule has 1 amide bonds. The van der Waals surface area contributed by atoms with Crippen LogP contribution in [0.5, 0.6) is 0 Å². The highest BCUT2D eigenvalue weighted by molar-refractivity contribution is 7.89. The van der Waals surface area contributed by atoms with Crippen molar-refractivity contribution >= 4 is 21.6 Å². The molecule has 0 spiro atoms. The van der Waals surface area contributed by atoms with E-state index in [0.29, 0.717) is 18.2 Å².